The third-order valence-corrected chi connectivity index (χ3v) is 5.16. The summed E-state index contributed by atoms with van der Waals surface area (Å²) >= 11 is 5.74. The van der Waals surface area contributed by atoms with Gasteiger partial charge in [-0.2, -0.15) is 22.1 Å². The number of alkyl halides is 3. The van der Waals surface area contributed by atoms with Crippen LogP contribution in [0.4, 0.5) is 13.2 Å². The van der Waals surface area contributed by atoms with Gasteiger partial charge >= 0.3 is 11.7 Å². The highest BCUT2D eigenvalue weighted by Gasteiger charge is 2.32. The molecule has 0 aliphatic heterocycles. The van der Waals surface area contributed by atoms with Gasteiger partial charge in [-0.05, 0) is 29.8 Å². The smallest absolute Gasteiger partial charge is 0.416 e. The van der Waals surface area contributed by atoms with E-state index in [4.69, 9.17) is 16.4 Å². The van der Waals surface area contributed by atoms with Crippen LogP contribution in [0.15, 0.2) is 76.9 Å². The summed E-state index contributed by atoms with van der Waals surface area (Å²) in [7, 11) is 0. The number of oxime groups is 1. The maximum Gasteiger partial charge on any atom is 0.416 e. The van der Waals surface area contributed by atoms with Gasteiger partial charge < -0.3 is 9.94 Å². The molecule has 0 spiro atoms. The van der Waals surface area contributed by atoms with Crippen molar-refractivity contribution in [3.05, 3.63) is 93.6 Å². The van der Waals surface area contributed by atoms with Crippen LogP contribution in [0.2, 0.25) is 5.15 Å². The molecule has 0 amide bonds. The first-order valence-corrected chi connectivity index (χ1v) is 10.3. The van der Waals surface area contributed by atoms with Crippen LogP contribution < -0.4 is 10.1 Å². The normalized spacial score (nSPS) is 11.9. The van der Waals surface area contributed by atoms with Crippen molar-refractivity contribution in [2.24, 2.45) is 5.16 Å². The molecule has 3 aromatic heterocycles. The van der Waals surface area contributed by atoms with E-state index in [1.807, 2.05) is 0 Å². The van der Waals surface area contributed by atoms with Crippen LogP contribution in [0.1, 0.15) is 11.1 Å². The van der Waals surface area contributed by atoms with Crippen molar-refractivity contribution in [2.75, 3.05) is 0 Å². The Morgan fingerprint density at radius 3 is 2.74 bits per heavy atom. The van der Waals surface area contributed by atoms with E-state index in [1.54, 1.807) is 30.3 Å². The van der Waals surface area contributed by atoms with Crippen LogP contribution in [-0.4, -0.2) is 20.7 Å². The summed E-state index contributed by atoms with van der Waals surface area (Å²) < 4.78 is 42.2. The van der Waals surface area contributed by atoms with Gasteiger partial charge in [-0.3, -0.25) is 0 Å². The van der Waals surface area contributed by atoms with Gasteiger partial charge in [-0.25, -0.2) is 9.78 Å². The average molecular weight is 490 g/mol. The lowest BCUT2D eigenvalue weighted by atomic mass is 10.0. The highest BCUT2D eigenvalue weighted by molar-refractivity contribution is 6.29. The summed E-state index contributed by atoms with van der Waals surface area (Å²) in [6, 6.07) is 12.4. The third kappa shape index (κ3) is 4.86. The van der Waals surface area contributed by atoms with Crippen molar-refractivity contribution in [2.45, 2.75) is 19.3 Å². The van der Waals surface area contributed by atoms with Crippen molar-refractivity contribution in [3.63, 3.8) is 0 Å². The second-order valence-corrected chi connectivity index (χ2v) is 7.56. The topological polar surface area (TPSA) is 80.1 Å². The van der Waals surface area contributed by atoms with E-state index in [2.05, 4.69) is 10.1 Å². The van der Waals surface area contributed by atoms with Crippen molar-refractivity contribution in [1.29, 1.82) is 0 Å². The Balaban J connectivity index is 1.68. The zero-order chi connectivity index (χ0) is 24.3. The summed E-state index contributed by atoms with van der Waals surface area (Å²) in [5.41, 5.74) is -0.869. The molecular formula is C23H17ClF3N4O3+. The highest BCUT2D eigenvalue weighted by Crippen LogP contribution is 2.33. The highest BCUT2D eigenvalue weighted by atomic mass is 35.5. The zero-order valence-corrected chi connectivity index (χ0v) is 18.2. The molecule has 11 heteroatoms. The fourth-order valence-electron chi connectivity index (χ4n) is 3.34. The van der Waals surface area contributed by atoms with E-state index in [1.165, 1.54) is 39.7 Å². The minimum atomic E-state index is -4.60. The van der Waals surface area contributed by atoms with E-state index in [9.17, 15) is 23.1 Å². The van der Waals surface area contributed by atoms with E-state index in [-0.39, 0.29) is 24.3 Å². The average Bonchev–Trinajstić information content (AvgIpc) is 2.82. The summed E-state index contributed by atoms with van der Waals surface area (Å²) in [5, 5.41) is 15.1. The molecule has 1 N–H and O–H groups in total. The Kier molecular flexibility index (Phi) is 6.51. The predicted molar refractivity (Wildman–Crippen MR) is 118 cm³/mol. The minimum absolute atomic E-state index is 0.0234. The molecule has 7 nitrogen and oxygen atoms in total. The predicted octanol–water partition coefficient (Wildman–Crippen LogP) is 4.23. The molecule has 0 fully saturated rings. The second kappa shape index (κ2) is 9.52. The number of benzene rings is 1. The summed E-state index contributed by atoms with van der Waals surface area (Å²) in [6.45, 7) is 0.103. The van der Waals surface area contributed by atoms with Crippen LogP contribution >= 0.6 is 11.6 Å². The van der Waals surface area contributed by atoms with E-state index in [0.29, 0.717) is 10.8 Å². The monoisotopic (exact) mass is 489 g/mol. The SMILES string of the molecule is O=c1c(-c2cccc(C(F)(F)F)c2)c(O)[n+](CC=NOCc2ccc(Cl)nc2)c2ccccn12. The molecule has 174 valence electrons. The number of fused-ring (bicyclic) bond motifs is 1. The molecule has 3 heterocycles. The summed E-state index contributed by atoms with van der Waals surface area (Å²) in [4.78, 5) is 22.2. The van der Waals surface area contributed by atoms with Gasteiger partial charge in [-0.15, -0.1) is 0 Å². The summed E-state index contributed by atoms with van der Waals surface area (Å²) in [6.07, 6.45) is -0.239. The molecule has 0 saturated heterocycles. The number of pyridine rings is 2. The van der Waals surface area contributed by atoms with Gasteiger partial charge in [0.2, 0.25) is 0 Å². The maximum atomic E-state index is 13.2. The van der Waals surface area contributed by atoms with Gasteiger partial charge in [0, 0.05) is 17.8 Å². The third-order valence-electron chi connectivity index (χ3n) is 4.94. The Morgan fingerprint density at radius 2 is 2.00 bits per heavy atom. The van der Waals surface area contributed by atoms with Crippen molar-refractivity contribution < 1.29 is 27.7 Å². The number of hydrogen-bond donors (Lipinski definition) is 1. The number of hydrogen-bond acceptors (Lipinski definition) is 5. The molecule has 0 atom stereocenters. The molecule has 4 aromatic rings. The van der Waals surface area contributed by atoms with Crippen LogP contribution in [0.5, 0.6) is 5.88 Å². The van der Waals surface area contributed by atoms with Gasteiger partial charge in [0.05, 0.1) is 18.0 Å². The van der Waals surface area contributed by atoms with Crippen molar-refractivity contribution >= 4 is 23.5 Å². The lowest BCUT2D eigenvalue weighted by Gasteiger charge is -2.11. The largest absolute Gasteiger partial charge is 0.477 e. The Hall–Kier alpha value is -3.92. The maximum absolute atomic E-state index is 13.2. The zero-order valence-electron chi connectivity index (χ0n) is 17.4. The standard InChI is InChI=1S/C23H16ClF3N4O3/c24-18-8-7-15(13-28-18)14-34-29-9-11-31-19-6-1-2-10-30(19)21(32)20(22(31)33)16-4-3-5-17(12-16)23(25,26)27/h1-10,12-13H,11,14H2/p+1. The first-order chi connectivity index (χ1) is 16.3. The number of rotatable bonds is 6. The molecule has 4 rings (SSSR count). The molecule has 0 aliphatic carbocycles. The molecule has 0 bridgehead atoms. The van der Waals surface area contributed by atoms with Gasteiger partial charge in [0.15, 0.2) is 5.56 Å². The molecule has 1 aromatic carbocycles. The van der Waals surface area contributed by atoms with Gasteiger partial charge in [-0.1, -0.05) is 41.0 Å². The number of halogens is 4. The molecule has 0 aliphatic rings. The van der Waals surface area contributed by atoms with Gasteiger partial charge in [0.25, 0.3) is 11.5 Å². The Labute approximate surface area is 196 Å². The number of nitrogens with zero attached hydrogens (tertiary/aromatic N) is 4. The van der Waals surface area contributed by atoms with Crippen molar-refractivity contribution in [3.8, 4) is 17.0 Å². The minimum Gasteiger partial charge on any atom is -0.477 e. The molecule has 0 radical (unpaired) electrons. The quantitative estimate of drug-likeness (QED) is 0.190. The van der Waals surface area contributed by atoms with E-state index in [0.717, 1.165) is 17.7 Å². The summed E-state index contributed by atoms with van der Waals surface area (Å²) in [5.74, 6) is -0.496. The van der Waals surface area contributed by atoms with Crippen LogP contribution in [-0.2, 0) is 24.2 Å². The number of aromatic nitrogens is 3. The molecular weight excluding hydrogens is 473 g/mol. The Morgan fingerprint density at radius 1 is 1.18 bits per heavy atom. The van der Waals surface area contributed by atoms with Crippen LogP contribution in [0, 0.1) is 0 Å². The second-order valence-electron chi connectivity index (χ2n) is 7.17. The van der Waals surface area contributed by atoms with Gasteiger partial charge in [0.1, 0.15) is 18.3 Å². The molecule has 0 saturated carbocycles. The lowest BCUT2D eigenvalue weighted by Crippen LogP contribution is -2.41. The first-order valence-electron chi connectivity index (χ1n) is 9.93. The van der Waals surface area contributed by atoms with Crippen molar-refractivity contribution in [1.82, 2.24) is 9.38 Å². The fraction of sp³-hybridized carbons (Fsp3) is 0.130. The van der Waals surface area contributed by atoms with Crippen LogP contribution in [0.3, 0.4) is 0 Å². The lowest BCUT2D eigenvalue weighted by molar-refractivity contribution is -0.664. The first kappa shape index (κ1) is 23.2. The molecule has 0 unspecified atom stereocenters. The van der Waals surface area contributed by atoms with E-state index >= 15 is 0 Å². The number of aromatic hydroxyl groups is 1. The van der Waals surface area contributed by atoms with Crippen LogP contribution in [0.25, 0.3) is 16.8 Å². The fourth-order valence-corrected chi connectivity index (χ4v) is 3.45. The van der Waals surface area contributed by atoms with E-state index < -0.39 is 23.2 Å². The molecule has 34 heavy (non-hydrogen) atoms. The Bertz CT molecular complexity index is 1420.